The number of hydrogen-bond acceptors (Lipinski definition) is 15. The normalized spacial score (nSPS) is 11.5. The van der Waals surface area contributed by atoms with Gasteiger partial charge in [-0.15, -0.1) is 0 Å². The highest BCUT2D eigenvalue weighted by molar-refractivity contribution is 5.26. The Morgan fingerprint density at radius 3 is 0.720 bits per heavy atom. The summed E-state index contributed by atoms with van der Waals surface area (Å²) in [6, 6.07) is 7.95. The molecule has 0 saturated carbocycles. The number of aryl methyl sites for hydroxylation is 1. The summed E-state index contributed by atoms with van der Waals surface area (Å²) in [5, 5.41) is 8.58. The topological polar surface area (TPSA) is 149 Å². The van der Waals surface area contributed by atoms with E-state index in [4.69, 9.17) is 71.4 Å². The predicted molar refractivity (Wildman–Crippen MR) is 184 cm³/mol. The van der Waals surface area contributed by atoms with Gasteiger partial charge in [0, 0.05) is 0 Å². The summed E-state index contributed by atoms with van der Waals surface area (Å²) in [5.41, 5.74) is 1.21. The third kappa shape index (κ3) is 36.3. The molecule has 0 radical (unpaired) electrons. The first-order chi connectivity index (χ1) is 24.8. The van der Waals surface area contributed by atoms with Crippen LogP contribution in [0.4, 0.5) is 0 Å². The molecule has 15 nitrogen and oxygen atoms in total. The quantitative estimate of drug-likeness (QED) is 0.0972. The van der Waals surface area contributed by atoms with Crippen LogP contribution in [0, 0.1) is 6.92 Å². The minimum absolute atomic E-state index is 0.0234. The van der Waals surface area contributed by atoms with Gasteiger partial charge < -0.3 is 71.4 Å². The first kappa shape index (κ1) is 46.5. The van der Waals surface area contributed by atoms with E-state index in [0.29, 0.717) is 178 Å². The molecule has 0 bridgehead atoms. The number of rotatable bonds is 42. The summed E-state index contributed by atoms with van der Waals surface area (Å²) in [5.74, 6) is 0.849. The van der Waals surface area contributed by atoms with Crippen LogP contribution in [-0.2, 0) is 61.6 Å². The second-order valence-corrected chi connectivity index (χ2v) is 10.3. The molecular weight excluding hydrogens is 660 g/mol. The van der Waals surface area contributed by atoms with Gasteiger partial charge in [0.15, 0.2) is 0 Å². The summed E-state index contributed by atoms with van der Waals surface area (Å²) in [4.78, 5) is 0. The largest absolute Gasteiger partial charge is 0.491 e. The first-order valence-electron chi connectivity index (χ1n) is 17.6. The Morgan fingerprint density at radius 2 is 0.500 bits per heavy atom. The van der Waals surface area contributed by atoms with Crippen molar-refractivity contribution in [3.8, 4) is 5.75 Å². The Kier molecular flexibility index (Phi) is 37.4. The molecule has 0 heterocycles. The average molecular weight is 725 g/mol. The highest BCUT2D eigenvalue weighted by Gasteiger charge is 1.98. The fourth-order valence-corrected chi connectivity index (χ4v) is 3.66. The molecule has 294 valence electrons. The van der Waals surface area contributed by atoms with E-state index in [2.05, 4.69) is 0 Å². The number of benzene rings is 1. The lowest BCUT2D eigenvalue weighted by Gasteiger charge is -2.09. The SMILES string of the molecule is Cc1ccc(OCCOCCOCCOCCOCCOCCOCCOCCOCCOCCOCCOCCOCCOCCO)cc1. The molecule has 0 saturated heterocycles. The van der Waals surface area contributed by atoms with Crippen molar-refractivity contribution in [1.82, 2.24) is 0 Å². The van der Waals surface area contributed by atoms with Crippen molar-refractivity contribution in [2.45, 2.75) is 6.92 Å². The van der Waals surface area contributed by atoms with Gasteiger partial charge in [0.1, 0.15) is 12.4 Å². The van der Waals surface area contributed by atoms with Crippen LogP contribution in [0.1, 0.15) is 5.56 Å². The van der Waals surface area contributed by atoms with Gasteiger partial charge in [0.2, 0.25) is 0 Å². The van der Waals surface area contributed by atoms with Crippen molar-refractivity contribution in [3.63, 3.8) is 0 Å². The highest BCUT2D eigenvalue weighted by atomic mass is 16.6. The molecule has 0 unspecified atom stereocenters. The minimum atomic E-state index is 0.0234. The average Bonchev–Trinajstić information content (AvgIpc) is 3.13. The van der Waals surface area contributed by atoms with E-state index in [9.17, 15) is 0 Å². The zero-order valence-electron chi connectivity index (χ0n) is 30.3. The molecule has 1 rings (SSSR count). The lowest BCUT2D eigenvalue weighted by atomic mass is 10.2. The van der Waals surface area contributed by atoms with Crippen molar-refractivity contribution in [2.24, 2.45) is 0 Å². The van der Waals surface area contributed by atoms with Gasteiger partial charge in [0.05, 0.1) is 178 Å². The second-order valence-electron chi connectivity index (χ2n) is 10.3. The number of aliphatic hydroxyl groups is 1. The van der Waals surface area contributed by atoms with Crippen molar-refractivity contribution in [1.29, 1.82) is 0 Å². The number of hydrogen-bond donors (Lipinski definition) is 1. The lowest BCUT2D eigenvalue weighted by molar-refractivity contribution is -0.0293. The third-order valence-corrected chi connectivity index (χ3v) is 6.22. The molecule has 0 aliphatic heterocycles. The summed E-state index contributed by atoms with van der Waals surface area (Å²) >= 11 is 0. The van der Waals surface area contributed by atoms with Gasteiger partial charge in [0.25, 0.3) is 0 Å². The maximum atomic E-state index is 8.58. The zero-order valence-corrected chi connectivity index (χ0v) is 30.3. The van der Waals surface area contributed by atoms with Crippen LogP contribution in [0.25, 0.3) is 0 Å². The molecule has 1 aromatic carbocycles. The van der Waals surface area contributed by atoms with Gasteiger partial charge >= 0.3 is 0 Å². The smallest absolute Gasteiger partial charge is 0.119 e. The lowest BCUT2D eigenvalue weighted by Crippen LogP contribution is -2.15. The Bertz CT molecular complexity index is 775. The zero-order chi connectivity index (χ0) is 35.7. The van der Waals surface area contributed by atoms with E-state index < -0.39 is 0 Å². The van der Waals surface area contributed by atoms with Crippen molar-refractivity contribution in [2.75, 3.05) is 185 Å². The van der Waals surface area contributed by atoms with E-state index in [1.807, 2.05) is 31.2 Å². The Morgan fingerprint density at radius 1 is 0.300 bits per heavy atom. The minimum Gasteiger partial charge on any atom is -0.491 e. The van der Waals surface area contributed by atoms with E-state index in [1.165, 1.54) is 5.56 Å². The molecule has 0 aliphatic rings. The molecular formula is C35H64O15. The fourth-order valence-electron chi connectivity index (χ4n) is 3.66. The van der Waals surface area contributed by atoms with Crippen LogP contribution in [0.3, 0.4) is 0 Å². The molecule has 0 aliphatic carbocycles. The number of ether oxygens (including phenoxy) is 14. The Hall–Kier alpha value is -1.54. The molecule has 15 heteroatoms. The molecule has 50 heavy (non-hydrogen) atoms. The molecule has 1 aromatic rings. The first-order valence-corrected chi connectivity index (χ1v) is 17.6. The van der Waals surface area contributed by atoms with E-state index in [1.54, 1.807) is 0 Å². The Balaban J connectivity index is 1.61. The third-order valence-electron chi connectivity index (χ3n) is 6.22. The molecule has 0 fully saturated rings. The van der Waals surface area contributed by atoms with Crippen LogP contribution in [0.15, 0.2) is 24.3 Å². The van der Waals surface area contributed by atoms with Gasteiger partial charge in [-0.3, -0.25) is 0 Å². The molecule has 0 atom stereocenters. The van der Waals surface area contributed by atoms with Gasteiger partial charge in [-0.25, -0.2) is 0 Å². The van der Waals surface area contributed by atoms with Gasteiger partial charge in [-0.1, -0.05) is 17.7 Å². The molecule has 0 spiro atoms. The fraction of sp³-hybridized carbons (Fsp3) is 0.829. The van der Waals surface area contributed by atoms with Gasteiger partial charge in [-0.2, -0.15) is 0 Å². The summed E-state index contributed by atoms with van der Waals surface area (Å²) in [6.07, 6.45) is 0. The highest BCUT2D eigenvalue weighted by Crippen LogP contribution is 2.10. The molecule has 1 N–H and O–H groups in total. The van der Waals surface area contributed by atoms with Crippen molar-refractivity contribution in [3.05, 3.63) is 29.8 Å². The van der Waals surface area contributed by atoms with Crippen molar-refractivity contribution >= 4 is 0 Å². The predicted octanol–water partition coefficient (Wildman–Crippen LogP) is 1.58. The van der Waals surface area contributed by atoms with Crippen LogP contribution < -0.4 is 4.74 Å². The monoisotopic (exact) mass is 724 g/mol. The summed E-state index contributed by atoms with van der Waals surface area (Å²) < 4.78 is 76.2. The van der Waals surface area contributed by atoms with E-state index >= 15 is 0 Å². The van der Waals surface area contributed by atoms with Gasteiger partial charge in [-0.05, 0) is 19.1 Å². The number of aliphatic hydroxyl groups excluding tert-OH is 1. The van der Waals surface area contributed by atoms with E-state index in [-0.39, 0.29) is 6.61 Å². The summed E-state index contributed by atoms with van der Waals surface area (Å²) in [7, 11) is 0. The maximum Gasteiger partial charge on any atom is 0.119 e. The second kappa shape index (κ2) is 40.2. The van der Waals surface area contributed by atoms with Crippen LogP contribution >= 0.6 is 0 Å². The standard InChI is InChI=1S/C35H64O15/c1-34-2-4-35(5-3-34)50-33-32-49-31-30-48-29-28-47-27-26-46-25-24-45-23-22-44-21-20-43-19-18-42-17-16-41-15-14-40-13-12-39-11-10-38-9-8-37-7-6-36/h2-5,36H,6-33H2,1H3. The van der Waals surface area contributed by atoms with Crippen LogP contribution in [0.2, 0.25) is 0 Å². The summed E-state index contributed by atoms with van der Waals surface area (Å²) in [6.45, 7) is 15.5. The van der Waals surface area contributed by atoms with Crippen LogP contribution in [0.5, 0.6) is 5.75 Å². The molecule has 0 amide bonds. The molecule has 0 aromatic heterocycles. The van der Waals surface area contributed by atoms with E-state index in [0.717, 1.165) is 5.75 Å². The Labute approximate surface area is 298 Å². The van der Waals surface area contributed by atoms with Crippen molar-refractivity contribution < 1.29 is 71.4 Å². The van der Waals surface area contributed by atoms with Crippen LogP contribution in [-0.4, -0.2) is 190 Å². The maximum absolute atomic E-state index is 8.58.